The first-order valence-corrected chi connectivity index (χ1v) is 5.40. The average molecular weight is 245 g/mol. The van der Waals surface area contributed by atoms with Crippen molar-refractivity contribution in [2.75, 3.05) is 6.79 Å². The van der Waals surface area contributed by atoms with Crippen molar-refractivity contribution in [1.82, 2.24) is 9.78 Å². The molecule has 1 aliphatic heterocycles. The van der Waals surface area contributed by atoms with Gasteiger partial charge in [0.05, 0.1) is 17.4 Å². The van der Waals surface area contributed by atoms with Crippen molar-refractivity contribution < 1.29 is 14.3 Å². The van der Waals surface area contributed by atoms with Crippen LogP contribution in [0.4, 0.5) is 0 Å². The second-order valence-electron chi connectivity index (χ2n) is 4.05. The van der Waals surface area contributed by atoms with Crippen molar-refractivity contribution >= 4 is 5.91 Å². The molecule has 2 heterocycles. The zero-order chi connectivity index (χ0) is 12.7. The van der Waals surface area contributed by atoms with Crippen LogP contribution in [0.5, 0.6) is 11.5 Å². The molecule has 0 saturated heterocycles. The normalized spacial score (nSPS) is 12.7. The first-order valence-electron chi connectivity index (χ1n) is 5.40. The molecule has 0 unspecified atom stereocenters. The van der Waals surface area contributed by atoms with E-state index in [1.54, 1.807) is 23.0 Å². The number of nitrogens with two attached hydrogens (primary N) is 1. The molecule has 1 aromatic heterocycles. The quantitative estimate of drug-likeness (QED) is 0.856. The summed E-state index contributed by atoms with van der Waals surface area (Å²) in [6.07, 6.45) is 3.51. The fraction of sp³-hybridized carbons (Fsp3) is 0.167. The fourth-order valence-corrected chi connectivity index (χ4v) is 1.86. The number of rotatable bonds is 2. The van der Waals surface area contributed by atoms with Crippen molar-refractivity contribution in [1.29, 1.82) is 0 Å². The minimum absolute atomic E-state index is 0.148. The van der Waals surface area contributed by atoms with Crippen molar-refractivity contribution in [2.24, 2.45) is 5.73 Å². The van der Waals surface area contributed by atoms with Gasteiger partial charge in [0.1, 0.15) is 0 Å². The Morgan fingerprint density at radius 3 is 2.72 bits per heavy atom. The monoisotopic (exact) mass is 245 g/mol. The Balaban J connectivity index is 2.21. The Morgan fingerprint density at radius 2 is 2.11 bits per heavy atom. The molecule has 1 amide bonds. The number of amides is 1. The first kappa shape index (κ1) is 10.6. The van der Waals surface area contributed by atoms with E-state index in [1.807, 2.05) is 13.1 Å². The van der Waals surface area contributed by atoms with Crippen LogP contribution in [0.1, 0.15) is 15.9 Å². The molecular formula is C12H11N3O3. The highest BCUT2D eigenvalue weighted by Crippen LogP contribution is 2.36. The van der Waals surface area contributed by atoms with Gasteiger partial charge in [0.15, 0.2) is 11.5 Å². The van der Waals surface area contributed by atoms with E-state index in [9.17, 15) is 4.79 Å². The molecule has 6 heteroatoms. The number of aryl methyl sites for hydroxylation is 1. The van der Waals surface area contributed by atoms with E-state index < -0.39 is 5.91 Å². The molecule has 2 aromatic rings. The second-order valence-corrected chi connectivity index (χ2v) is 4.05. The van der Waals surface area contributed by atoms with Gasteiger partial charge in [-0.15, -0.1) is 0 Å². The highest BCUT2D eigenvalue weighted by atomic mass is 16.7. The highest BCUT2D eigenvalue weighted by Gasteiger charge is 2.20. The standard InChI is InChI=1S/C12H11N3O3/c1-7-4-14-15(5-7)9-3-11-10(17-6-18-11)2-8(9)12(13)16/h2-5H,6H2,1H3,(H2,13,16). The number of hydrogen-bond donors (Lipinski definition) is 1. The molecule has 1 aliphatic rings. The maximum atomic E-state index is 11.5. The van der Waals surface area contributed by atoms with Gasteiger partial charge in [-0.25, -0.2) is 4.68 Å². The molecule has 0 aliphatic carbocycles. The summed E-state index contributed by atoms with van der Waals surface area (Å²) < 4.78 is 12.1. The maximum Gasteiger partial charge on any atom is 0.251 e. The zero-order valence-corrected chi connectivity index (χ0v) is 9.71. The van der Waals surface area contributed by atoms with E-state index in [-0.39, 0.29) is 6.79 Å². The second kappa shape index (κ2) is 3.76. The predicted octanol–water partition coefficient (Wildman–Crippen LogP) is 1.01. The molecule has 6 nitrogen and oxygen atoms in total. The van der Waals surface area contributed by atoms with Gasteiger partial charge in [-0.2, -0.15) is 5.10 Å². The molecule has 2 N–H and O–H groups in total. The van der Waals surface area contributed by atoms with Gasteiger partial charge in [-0.3, -0.25) is 4.79 Å². The number of fused-ring (bicyclic) bond motifs is 1. The number of benzene rings is 1. The summed E-state index contributed by atoms with van der Waals surface area (Å²) in [5.41, 5.74) is 7.30. The van der Waals surface area contributed by atoms with Gasteiger partial charge >= 0.3 is 0 Å². The summed E-state index contributed by atoms with van der Waals surface area (Å²) >= 11 is 0. The van der Waals surface area contributed by atoms with Crippen LogP contribution in [0.15, 0.2) is 24.5 Å². The van der Waals surface area contributed by atoms with Crippen LogP contribution in [0.25, 0.3) is 5.69 Å². The van der Waals surface area contributed by atoms with Gasteiger partial charge < -0.3 is 15.2 Å². The molecule has 0 spiro atoms. The SMILES string of the molecule is Cc1cnn(-c2cc3c(cc2C(N)=O)OCO3)c1. The molecule has 1 aromatic carbocycles. The van der Waals surface area contributed by atoms with Crippen LogP contribution >= 0.6 is 0 Å². The molecule has 0 saturated carbocycles. The van der Waals surface area contributed by atoms with Crippen LogP contribution in [0.2, 0.25) is 0 Å². The summed E-state index contributed by atoms with van der Waals surface area (Å²) in [6, 6.07) is 3.28. The lowest BCUT2D eigenvalue weighted by Gasteiger charge is -2.08. The number of ether oxygens (including phenoxy) is 2. The van der Waals surface area contributed by atoms with E-state index in [0.29, 0.717) is 22.7 Å². The number of aromatic nitrogens is 2. The average Bonchev–Trinajstić information content (AvgIpc) is 2.94. The number of carbonyl (C=O) groups excluding carboxylic acids is 1. The molecule has 0 atom stereocenters. The Kier molecular flexibility index (Phi) is 2.22. The minimum atomic E-state index is -0.531. The zero-order valence-electron chi connectivity index (χ0n) is 9.71. The van der Waals surface area contributed by atoms with Crippen LogP contribution < -0.4 is 15.2 Å². The van der Waals surface area contributed by atoms with Crippen molar-refractivity contribution in [2.45, 2.75) is 6.92 Å². The van der Waals surface area contributed by atoms with E-state index in [1.165, 1.54) is 0 Å². The lowest BCUT2D eigenvalue weighted by atomic mass is 10.1. The summed E-state index contributed by atoms with van der Waals surface area (Å²) in [4.78, 5) is 11.5. The Morgan fingerprint density at radius 1 is 1.39 bits per heavy atom. The molecular weight excluding hydrogens is 234 g/mol. The van der Waals surface area contributed by atoms with Crippen molar-refractivity contribution in [3.63, 3.8) is 0 Å². The molecule has 3 rings (SSSR count). The van der Waals surface area contributed by atoms with Crippen molar-refractivity contribution in [3.05, 3.63) is 35.7 Å². The largest absolute Gasteiger partial charge is 0.454 e. The number of carbonyl (C=O) groups is 1. The summed E-state index contributed by atoms with van der Waals surface area (Å²) in [6.45, 7) is 2.07. The topological polar surface area (TPSA) is 79.4 Å². The third kappa shape index (κ3) is 1.58. The molecule has 92 valence electrons. The lowest BCUT2D eigenvalue weighted by Crippen LogP contribution is -2.15. The third-order valence-electron chi connectivity index (χ3n) is 2.71. The maximum absolute atomic E-state index is 11.5. The molecule has 0 fully saturated rings. The van der Waals surface area contributed by atoms with Crippen molar-refractivity contribution in [3.8, 4) is 17.2 Å². The van der Waals surface area contributed by atoms with Gasteiger partial charge in [-0.1, -0.05) is 0 Å². The highest BCUT2D eigenvalue weighted by molar-refractivity contribution is 5.97. The molecule has 0 radical (unpaired) electrons. The first-order chi connectivity index (χ1) is 8.65. The number of hydrogen-bond acceptors (Lipinski definition) is 4. The summed E-state index contributed by atoms with van der Waals surface area (Å²) in [7, 11) is 0. The predicted molar refractivity (Wildman–Crippen MR) is 62.9 cm³/mol. The number of primary amides is 1. The van der Waals surface area contributed by atoms with Gasteiger partial charge in [0, 0.05) is 12.3 Å². The van der Waals surface area contributed by atoms with Gasteiger partial charge in [-0.05, 0) is 18.6 Å². The van der Waals surface area contributed by atoms with Crippen LogP contribution in [0, 0.1) is 6.92 Å². The van der Waals surface area contributed by atoms with E-state index in [4.69, 9.17) is 15.2 Å². The van der Waals surface area contributed by atoms with E-state index in [2.05, 4.69) is 5.10 Å². The van der Waals surface area contributed by atoms with Gasteiger partial charge in [0.2, 0.25) is 6.79 Å². The fourth-order valence-electron chi connectivity index (χ4n) is 1.86. The summed E-state index contributed by atoms with van der Waals surface area (Å²) in [5, 5.41) is 4.17. The Bertz CT molecular complexity index is 633. The van der Waals surface area contributed by atoms with E-state index >= 15 is 0 Å². The molecule has 0 bridgehead atoms. The minimum Gasteiger partial charge on any atom is -0.454 e. The third-order valence-corrected chi connectivity index (χ3v) is 2.71. The van der Waals surface area contributed by atoms with Crippen LogP contribution in [-0.4, -0.2) is 22.5 Å². The smallest absolute Gasteiger partial charge is 0.251 e. The van der Waals surface area contributed by atoms with Gasteiger partial charge in [0.25, 0.3) is 5.91 Å². The Labute approximate surface area is 103 Å². The van der Waals surface area contributed by atoms with Crippen LogP contribution in [0.3, 0.4) is 0 Å². The lowest BCUT2D eigenvalue weighted by molar-refractivity contribution is 0.0999. The van der Waals surface area contributed by atoms with E-state index in [0.717, 1.165) is 5.56 Å². The Hall–Kier alpha value is -2.50. The molecule has 18 heavy (non-hydrogen) atoms. The summed E-state index contributed by atoms with van der Waals surface area (Å²) in [5.74, 6) is 0.580. The van der Waals surface area contributed by atoms with Crippen LogP contribution in [-0.2, 0) is 0 Å². The number of nitrogens with zero attached hydrogens (tertiary/aromatic N) is 2.